The van der Waals surface area contributed by atoms with Gasteiger partial charge in [0.1, 0.15) is 11.7 Å². The van der Waals surface area contributed by atoms with Crippen molar-refractivity contribution in [2.45, 2.75) is 103 Å². The second-order valence-electron chi connectivity index (χ2n) is 11.3. The Balaban J connectivity index is 1.75. The van der Waals surface area contributed by atoms with E-state index >= 15 is 0 Å². The maximum Gasteiger partial charge on any atom is 0.192 e. The van der Waals surface area contributed by atoms with E-state index in [9.17, 15) is 25.2 Å². The first-order chi connectivity index (χ1) is 14.8. The second kappa shape index (κ2) is 9.54. The molecule has 3 aliphatic rings. The zero-order chi connectivity index (χ0) is 23.8. The van der Waals surface area contributed by atoms with Gasteiger partial charge in [0, 0.05) is 6.42 Å². The fourth-order valence-electron chi connectivity index (χ4n) is 6.71. The molecule has 3 rings (SSSR count). The predicted octanol–water partition coefficient (Wildman–Crippen LogP) is 3.85. The fourth-order valence-corrected chi connectivity index (χ4v) is 6.71. The van der Waals surface area contributed by atoms with Crippen molar-refractivity contribution >= 4 is 5.78 Å². The van der Waals surface area contributed by atoms with E-state index < -0.39 is 29.7 Å². The Bertz CT molecular complexity index is 788. The molecule has 0 aromatic rings. The molecule has 3 saturated carbocycles. The van der Waals surface area contributed by atoms with E-state index in [1.807, 2.05) is 0 Å². The highest BCUT2D eigenvalue weighted by molar-refractivity contribution is 5.89. The van der Waals surface area contributed by atoms with Gasteiger partial charge in [0.15, 0.2) is 5.78 Å². The summed E-state index contributed by atoms with van der Waals surface area (Å²) in [6, 6.07) is 0. The Labute approximate surface area is 192 Å². The van der Waals surface area contributed by atoms with Crippen LogP contribution in [0, 0.1) is 23.2 Å². The van der Waals surface area contributed by atoms with Crippen molar-refractivity contribution in [2.75, 3.05) is 0 Å². The lowest BCUT2D eigenvalue weighted by atomic mass is 9.60. The van der Waals surface area contributed by atoms with E-state index in [0.29, 0.717) is 36.7 Å². The Kier molecular flexibility index (Phi) is 7.56. The lowest BCUT2D eigenvalue weighted by molar-refractivity contribution is -0.144. The molecule has 0 aliphatic heterocycles. The smallest absolute Gasteiger partial charge is 0.192 e. The third-order valence-corrected chi connectivity index (χ3v) is 8.49. The first kappa shape index (κ1) is 25.4. The Morgan fingerprint density at radius 1 is 1.28 bits per heavy atom. The van der Waals surface area contributed by atoms with Crippen molar-refractivity contribution < 1.29 is 25.2 Å². The number of rotatable bonds is 6. The molecule has 0 aromatic carbocycles. The minimum absolute atomic E-state index is 0.127. The monoisotopic (exact) mass is 446 g/mol. The van der Waals surface area contributed by atoms with Gasteiger partial charge in [-0.2, -0.15) is 0 Å². The summed E-state index contributed by atoms with van der Waals surface area (Å²) < 4.78 is 0. The number of allylic oxidation sites excluding steroid dienone is 3. The predicted molar refractivity (Wildman–Crippen MR) is 126 cm³/mol. The molecule has 180 valence electrons. The molecule has 0 spiro atoms. The summed E-state index contributed by atoms with van der Waals surface area (Å²) in [5.41, 5.74) is 1.69. The van der Waals surface area contributed by atoms with Gasteiger partial charge in [-0.1, -0.05) is 38.2 Å². The molecule has 0 aromatic heterocycles. The van der Waals surface area contributed by atoms with Crippen molar-refractivity contribution in [3.63, 3.8) is 0 Å². The minimum Gasteiger partial charge on any atom is -0.393 e. The van der Waals surface area contributed by atoms with Crippen LogP contribution < -0.4 is 0 Å². The van der Waals surface area contributed by atoms with Crippen LogP contribution >= 0.6 is 0 Å². The van der Waals surface area contributed by atoms with Crippen LogP contribution in [0.5, 0.6) is 0 Å². The molecule has 5 nitrogen and oxygen atoms in total. The number of carbonyl (C=O) groups is 1. The van der Waals surface area contributed by atoms with Crippen LogP contribution in [0.1, 0.15) is 79.1 Å². The third-order valence-electron chi connectivity index (χ3n) is 8.49. The van der Waals surface area contributed by atoms with Gasteiger partial charge in [-0.05, 0) is 93.1 Å². The standard InChI is InChI=1S/C27H42O5/c1-16(13-24(30)25(31)26(3,4)32)21-10-11-22-18(7-6-12-27(21,22)5)8-9-19-14-20(28)15-23(29)17(19)2/h8-9,16,20-24,28-30,32H,2,6-7,10-15H2,1,3-5H3/b18-8?,19-9-/t16-,20-,21-,22?,23?,24?,27-/m1/s1. The van der Waals surface area contributed by atoms with Gasteiger partial charge in [0.2, 0.25) is 0 Å². The number of aliphatic hydroxyl groups excluding tert-OH is 3. The number of carbonyl (C=O) groups excluding carboxylic acids is 1. The van der Waals surface area contributed by atoms with Gasteiger partial charge in [-0.15, -0.1) is 0 Å². The zero-order valence-electron chi connectivity index (χ0n) is 20.2. The molecule has 0 heterocycles. The molecule has 0 radical (unpaired) electrons. The number of fused-ring (bicyclic) bond motifs is 1. The molecule has 5 heteroatoms. The minimum atomic E-state index is -1.51. The van der Waals surface area contributed by atoms with Gasteiger partial charge in [0.25, 0.3) is 0 Å². The first-order valence-corrected chi connectivity index (χ1v) is 12.2. The van der Waals surface area contributed by atoms with E-state index in [-0.39, 0.29) is 11.3 Å². The summed E-state index contributed by atoms with van der Waals surface area (Å²) in [7, 11) is 0. The summed E-state index contributed by atoms with van der Waals surface area (Å²) in [6.07, 6.45) is 8.69. The normalized spacial score (nSPS) is 38.1. The van der Waals surface area contributed by atoms with E-state index in [1.54, 1.807) is 0 Å². The van der Waals surface area contributed by atoms with Crippen molar-refractivity contribution in [2.24, 2.45) is 23.2 Å². The quantitative estimate of drug-likeness (QED) is 0.497. The van der Waals surface area contributed by atoms with Crippen LogP contribution in [0.4, 0.5) is 0 Å². The average Bonchev–Trinajstić information content (AvgIpc) is 3.05. The maximum atomic E-state index is 12.3. The van der Waals surface area contributed by atoms with Gasteiger partial charge >= 0.3 is 0 Å². The third kappa shape index (κ3) is 5.11. The van der Waals surface area contributed by atoms with Crippen molar-refractivity contribution in [3.05, 3.63) is 35.5 Å². The van der Waals surface area contributed by atoms with E-state index in [1.165, 1.54) is 19.4 Å². The van der Waals surface area contributed by atoms with E-state index in [4.69, 9.17) is 0 Å². The second-order valence-corrected chi connectivity index (χ2v) is 11.3. The molecular formula is C27H42O5. The van der Waals surface area contributed by atoms with Crippen LogP contribution in [0.25, 0.3) is 0 Å². The summed E-state index contributed by atoms with van der Waals surface area (Å²) in [5, 5.41) is 40.6. The number of Topliss-reactive ketones (excluding diaryl/α,β-unsaturated/α-hetero) is 1. The molecule has 0 saturated heterocycles. The molecule has 32 heavy (non-hydrogen) atoms. The van der Waals surface area contributed by atoms with Crippen LogP contribution in [0.15, 0.2) is 35.5 Å². The van der Waals surface area contributed by atoms with Crippen molar-refractivity contribution in [1.82, 2.24) is 0 Å². The number of hydrogen-bond acceptors (Lipinski definition) is 5. The SMILES string of the molecule is C=C1/C(=C\C=C2CCC[C@@]3(C)C2CC[C@@H]3[C@H](C)CC(O)C(=O)C(C)(C)O)C[C@@H](O)CC1O. The fraction of sp³-hybridized carbons (Fsp3) is 0.741. The van der Waals surface area contributed by atoms with Crippen LogP contribution in [-0.4, -0.2) is 50.1 Å². The summed E-state index contributed by atoms with van der Waals surface area (Å²) in [5.74, 6) is 0.570. The lowest BCUT2D eigenvalue weighted by Crippen LogP contribution is -2.42. The molecule has 0 bridgehead atoms. The number of ketones is 1. The van der Waals surface area contributed by atoms with Crippen LogP contribution in [0.3, 0.4) is 0 Å². The molecule has 7 atom stereocenters. The molecule has 3 aliphatic carbocycles. The van der Waals surface area contributed by atoms with Crippen molar-refractivity contribution in [3.8, 4) is 0 Å². The van der Waals surface area contributed by atoms with Crippen LogP contribution in [0.2, 0.25) is 0 Å². The number of hydrogen-bond donors (Lipinski definition) is 4. The van der Waals surface area contributed by atoms with E-state index in [0.717, 1.165) is 37.7 Å². The molecule has 0 amide bonds. The average molecular weight is 447 g/mol. The Morgan fingerprint density at radius 2 is 1.97 bits per heavy atom. The van der Waals surface area contributed by atoms with Gasteiger partial charge in [0.05, 0.1) is 12.2 Å². The van der Waals surface area contributed by atoms with Crippen LogP contribution in [-0.2, 0) is 4.79 Å². The zero-order valence-corrected chi connectivity index (χ0v) is 20.2. The number of aliphatic hydroxyl groups is 4. The summed E-state index contributed by atoms with van der Waals surface area (Å²) in [6.45, 7) is 11.4. The Morgan fingerprint density at radius 3 is 2.62 bits per heavy atom. The highest BCUT2D eigenvalue weighted by Gasteiger charge is 2.51. The van der Waals surface area contributed by atoms with Crippen molar-refractivity contribution in [1.29, 1.82) is 0 Å². The highest BCUT2D eigenvalue weighted by atomic mass is 16.3. The van der Waals surface area contributed by atoms with Gasteiger partial charge in [-0.25, -0.2) is 0 Å². The van der Waals surface area contributed by atoms with E-state index in [2.05, 4.69) is 32.6 Å². The topological polar surface area (TPSA) is 98.0 Å². The first-order valence-electron chi connectivity index (χ1n) is 12.2. The summed E-state index contributed by atoms with van der Waals surface area (Å²) >= 11 is 0. The largest absolute Gasteiger partial charge is 0.393 e. The maximum absolute atomic E-state index is 12.3. The summed E-state index contributed by atoms with van der Waals surface area (Å²) in [4.78, 5) is 12.3. The Hall–Kier alpha value is -1.27. The van der Waals surface area contributed by atoms with Gasteiger partial charge < -0.3 is 20.4 Å². The van der Waals surface area contributed by atoms with Gasteiger partial charge in [-0.3, -0.25) is 4.79 Å². The lowest BCUT2D eigenvalue weighted by Gasteiger charge is -2.44. The highest BCUT2D eigenvalue weighted by Crippen LogP contribution is 2.59. The molecule has 4 N–H and O–H groups in total. The molecule has 3 fully saturated rings. The molecular weight excluding hydrogens is 404 g/mol. The molecule has 3 unspecified atom stereocenters.